The van der Waals surface area contributed by atoms with Crippen molar-refractivity contribution in [1.82, 2.24) is 19.4 Å². The molecule has 2 fully saturated rings. The van der Waals surface area contributed by atoms with Crippen LogP contribution < -0.4 is 0 Å². The standard InChI is InChI=1S/C17H20N4O2S/c1-11-18-12(10-24-11)9-21-13-5-7-20(15(13)8-16(21)22)17(23)14-4-3-6-19(14)2/h3-4,6,10,13,15H,5,7-9H2,1-2H3/t13-,15+/m1/s1. The number of hydrogen-bond acceptors (Lipinski definition) is 4. The second-order valence-corrected chi connectivity index (χ2v) is 7.57. The maximum absolute atomic E-state index is 12.8. The number of aryl methyl sites for hydroxylation is 2. The highest BCUT2D eigenvalue weighted by Crippen LogP contribution is 2.34. The summed E-state index contributed by atoms with van der Waals surface area (Å²) in [5, 5.41) is 3.03. The molecule has 24 heavy (non-hydrogen) atoms. The number of aromatic nitrogens is 2. The molecule has 6 nitrogen and oxygen atoms in total. The Bertz CT molecular complexity index is 796. The number of nitrogens with zero attached hydrogens (tertiary/aromatic N) is 4. The first-order chi connectivity index (χ1) is 11.5. The van der Waals surface area contributed by atoms with E-state index in [-0.39, 0.29) is 23.9 Å². The molecule has 2 aliphatic heterocycles. The molecule has 4 heterocycles. The van der Waals surface area contributed by atoms with Gasteiger partial charge in [-0.15, -0.1) is 11.3 Å². The van der Waals surface area contributed by atoms with E-state index in [0.717, 1.165) is 17.1 Å². The van der Waals surface area contributed by atoms with Gasteiger partial charge in [-0.05, 0) is 25.5 Å². The largest absolute Gasteiger partial charge is 0.347 e. The van der Waals surface area contributed by atoms with E-state index in [1.54, 1.807) is 11.3 Å². The third kappa shape index (κ3) is 2.43. The number of thiazole rings is 1. The number of amides is 2. The molecule has 0 spiro atoms. The fourth-order valence-electron chi connectivity index (χ4n) is 3.87. The number of hydrogen-bond donors (Lipinski definition) is 0. The van der Waals surface area contributed by atoms with Crippen molar-refractivity contribution in [3.63, 3.8) is 0 Å². The molecule has 0 N–H and O–H groups in total. The first kappa shape index (κ1) is 15.4. The lowest BCUT2D eigenvalue weighted by Gasteiger charge is -2.25. The predicted molar refractivity (Wildman–Crippen MR) is 90.7 cm³/mol. The zero-order chi connectivity index (χ0) is 16.8. The molecule has 0 bridgehead atoms. The van der Waals surface area contributed by atoms with Crippen molar-refractivity contribution in [2.75, 3.05) is 6.54 Å². The third-order valence-corrected chi connectivity index (χ3v) is 5.86. The van der Waals surface area contributed by atoms with Crippen LogP contribution in [0.25, 0.3) is 0 Å². The smallest absolute Gasteiger partial charge is 0.270 e. The average Bonchev–Trinajstić information content (AvgIpc) is 3.28. The van der Waals surface area contributed by atoms with E-state index in [4.69, 9.17) is 0 Å². The highest BCUT2D eigenvalue weighted by Gasteiger charge is 2.48. The molecule has 0 saturated carbocycles. The molecule has 7 heteroatoms. The molecule has 0 radical (unpaired) electrons. The SMILES string of the molecule is Cc1nc(CN2C(=O)C[C@H]3[C@H]2CCN3C(=O)c2cccn2C)cs1. The summed E-state index contributed by atoms with van der Waals surface area (Å²) in [6.07, 6.45) is 3.14. The highest BCUT2D eigenvalue weighted by atomic mass is 32.1. The van der Waals surface area contributed by atoms with Crippen molar-refractivity contribution < 1.29 is 9.59 Å². The van der Waals surface area contributed by atoms with Crippen LogP contribution in [-0.4, -0.2) is 49.8 Å². The van der Waals surface area contributed by atoms with Gasteiger partial charge in [0, 0.05) is 31.6 Å². The topological polar surface area (TPSA) is 58.4 Å². The van der Waals surface area contributed by atoms with Crippen LogP contribution >= 0.6 is 11.3 Å². The minimum Gasteiger partial charge on any atom is -0.347 e. The van der Waals surface area contributed by atoms with Crippen LogP contribution in [0, 0.1) is 6.92 Å². The summed E-state index contributed by atoms with van der Waals surface area (Å²) in [5.74, 6) is 0.147. The Kier molecular flexibility index (Phi) is 3.68. The first-order valence-corrected chi connectivity index (χ1v) is 9.05. The maximum atomic E-state index is 12.8. The van der Waals surface area contributed by atoms with Crippen LogP contribution in [0.3, 0.4) is 0 Å². The second-order valence-electron chi connectivity index (χ2n) is 6.51. The maximum Gasteiger partial charge on any atom is 0.270 e. The number of carbonyl (C=O) groups excluding carboxylic acids is 2. The Morgan fingerprint density at radius 3 is 2.92 bits per heavy atom. The van der Waals surface area contributed by atoms with E-state index in [2.05, 4.69) is 4.98 Å². The van der Waals surface area contributed by atoms with Crippen LogP contribution in [0.1, 0.15) is 34.0 Å². The van der Waals surface area contributed by atoms with Crippen LogP contribution in [0.15, 0.2) is 23.7 Å². The molecule has 2 aliphatic rings. The van der Waals surface area contributed by atoms with Crippen molar-refractivity contribution in [2.24, 2.45) is 7.05 Å². The Morgan fingerprint density at radius 1 is 1.42 bits per heavy atom. The van der Waals surface area contributed by atoms with E-state index < -0.39 is 0 Å². The van der Waals surface area contributed by atoms with Gasteiger partial charge in [-0.3, -0.25) is 9.59 Å². The molecular formula is C17H20N4O2S. The lowest BCUT2D eigenvalue weighted by molar-refractivity contribution is -0.129. The minimum atomic E-state index is -0.0142. The van der Waals surface area contributed by atoms with Crippen molar-refractivity contribution in [3.05, 3.63) is 40.1 Å². The number of carbonyl (C=O) groups is 2. The molecule has 2 saturated heterocycles. The number of rotatable bonds is 3. The minimum absolute atomic E-state index is 0.0142. The summed E-state index contributed by atoms with van der Waals surface area (Å²) >= 11 is 1.60. The second kappa shape index (κ2) is 5.73. The van der Waals surface area contributed by atoms with E-state index in [1.807, 2.05) is 52.0 Å². The third-order valence-electron chi connectivity index (χ3n) is 5.04. The van der Waals surface area contributed by atoms with Crippen molar-refractivity contribution in [3.8, 4) is 0 Å². The normalized spacial score (nSPS) is 23.2. The van der Waals surface area contributed by atoms with Gasteiger partial charge in [-0.2, -0.15) is 0 Å². The summed E-state index contributed by atoms with van der Waals surface area (Å²) in [6.45, 7) is 3.23. The molecule has 0 unspecified atom stereocenters. The van der Waals surface area contributed by atoms with Crippen molar-refractivity contribution in [2.45, 2.75) is 38.4 Å². The van der Waals surface area contributed by atoms with Gasteiger partial charge in [0.2, 0.25) is 5.91 Å². The summed E-state index contributed by atoms with van der Waals surface area (Å²) in [4.78, 5) is 33.6. The first-order valence-electron chi connectivity index (χ1n) is 8.17. The van der Waals surface area contributed by atoms with Gasteiger partial charge >= 0.3 is 0 Å². The molecule has 2 aromatic heterocycles. The fraction of sp³-hybridized carbons (Fsp3) is 0.471. The van der Waals surface area contributed by atoms with E-state index in [9.17, 15) is 9.59 Å². The fourth-order valence-corrected chi connectivity index (χ4v) is 4.48. The van der Waals surface area contributed by atoms with Gasteiger partial charge in [-0.25, -0.2) is 4.98 Å². The van der Waals surface area contributed by atoms with E-state index >= 15 is 0 Å². The Morgan fingerprint density at radius 2 is 2.25 bits per heavy atom. The van der Waals surface area contributed by atoms with Gasteiger partial charge in [0.15, 0.2) is 0 Å². The number of fused-ring (bicyclic) bond motifs is 1. The molecule has 2 atom stereocenters. The van der Waals surface area contributed by atoms with Crippen LogP contribution in [0.4, 0.5) is 0 Å². The molecular weight excluding hydrogens is 324 g/mol. The zero-order valence-corrected chi connectivity index (χ0v) is 14.6. The average molecular weight is 344 g/mol. The summed E-state index contributed by atoms with van der Waals surface area (Å²) in [5.41, 5.74) is 1.62. The van der Waals surface area contributed by atoms with E-state index in [0.29, 0.717) is 25.2 Å². The van der Waals surface area contributed by atoms with Gasteiger partial charge in [-0.1, -0.05) is 0 Å². The summed E-state index contributed by atoms with van der Waals surface area (Å²) < 4.78 is 1.84. The Labute approximate surface area is 144 Å². The van der Waals surface area contributed by atoms with Gasteiger partial charge in [0.1, 0.15) is 5.69 Å². The Balaban J connectivity index is 1.53. The molecule has 0 aliphatic carbocycles. The van der Waals surface area contributed by atoms with Gasteiger partial charge < -0.3 is 14.4 Å². The quantitative estimate of drug-likeness (QED) is 0.853. The van der Waals surface area contributed by atoms with Gasteiger partial charge in [0.25, 0.3) is 5.91 Å². The summed E-state index contributed by atoms with van der Waals surface area (Å²) in [6, 6.07) is 3.81. The van der Waals surface area contributed by atoms with Crippen molar-refractivity contribution >= 4 is 23.2 Å². The highest BCUT2D eigenvalue weighted by molar-refractivity contribution is 7.09. The van der Waals surface area contributed by atoms with Crippen LogP contribution in [-0.2, 0) is 18.4 Å². The Hall–Kier alpha value is -2.15. The molecule has 2 amide bonds. The number of likely N-dealkylation sites (tertiary alicyclic amines) is 2. The van der Waals surface area contributed by atoms with Crippen LogP contribution in [0.2, 0.25) is 0 Å². The van der Waals surface area contributed by atoms with Crippen molar-refractivity contribution in [1.29, 1.82) is 0 Å². The van der Waals surface area contributed by atoms with E-state index in [1.165, 1.54) is 0 Å². The molecule has 2 aromatic rings. The lowest BCUT2D eigenvalue weighted by Crippen LogP contribution is -2.40. The molecule has 4 rings (SSSR count). The molecule has 0 aromatic carbocycles. The molecule has 126 valence electrons. The predicted octanol–water partition coefficient (Wildman–Crippen LogP) is 1.81. The van der Waals surface area contributed by atoms with Gasteiger partial charge in [0.05, 0.1) is 29.3 Å². The zero-order valence-electron chi connectivity index (χ0n) is 13.8. The monoisotopic (exact) mass is 344 g/mol. The summed E-state index contributed by atoms with van der Waals surface area (Å²) in [7, 11) is 1.87. The van der Waals surface area contributed by atoms with Crippen LogP contribution in [0.5, 0.6) is 0 Å². The lowest BCUT2D eigenvalue weighted by atomic mass is 10.1.